The highest BCUT2D eigenvalue weighted by atomic mass is 16.6. The third-order valence-electron chi connectivity index (χ3n) is 3.02. The summed E-state index contributed by atoms with van der Waals surface area (Å²) in [4.78, 5) is 22.5. The summed E-state index contributed by atoms with van der Waals surface area (Å²) < 4.78 is 26.2. The molecule has 0 atom stereocenters. The summed E-state index contributed by atoms with van der Waals surface area (Å²) in [6, 6.07) is 0. The summed E-state index contributed by atoms with van der Waals surface area (Å²) in [5.41, 5.74) is -0.456. The molecule has 0 fully saturated rings. The van der Waals surface area contributed by atoms with Crippen LogP contribution in [0.5, 0.6) is 0 Å². The lowest BCUT2D eigenvalue weighted by atomic mass is 9.94. The standard InChI is InChI=1S/C18H34O7/c1-7-24-15(19)9-21-11-17(3,4)13-23-14-18(5,6)12-22-10-16(20)25-8-2/h7-14H2,1-6H3. The van der Waals surface area contributed by atoms with Crippen molar-refractivity contribution in [1.82, 2.24) is 0 Å². The Labute approximate surface area is 151 Å². The van der Waals surface area contributed by atoms with Crippen LogP contribution in [0, 0.1) is 10.8 Å². The van der Waals surface area contributed by atoms with E-state index in [9.17, 15) is 9.59 Å². The van der Waals surface area contributed by atoms with Crippen LogP contribution < -0.4 is 0 Å². The molecule has 148 valence electrons. The lowest BCUT2D eigenvalue weighted by molar-refractivity contribution is -0.150. The summed E-state index contributed by atoms with van der Waals surface area (Å²) in [5.74, 6) is -0.724. The van der Waals surface area contributed by atoms with E-state index in [1.807, 2.05) is 27.7 Å². The van der Waals surface area contributed by atoms with E-state index in [1.54, 1.807) is 13.8 Å². The highest BCUT2D eigenvalue weighted by molar-refractivity contribution is 5.70. The maximum Gasteiger partial charge on any atom is 0.332 e. The van der Waals surface area contributed by atoms with E-state index in [-0.39, 0.29) is 36.0 Å². The Morgan fingerprint density at radius 2 is 0.960 bits per heavy atom. The highest BCUT2D eigenvalue weighted by Gasteiger charge is 2.24. The van der Waals surface area contributed by atoms with Gasteiger partial charge < -0.3 is 23.7 Å². The fourth-order valence-corrected chi connectivity index (χ4v) is 1.91. The number of ether oxygens (including phenoxy) is 5. The third kappa shape index (κ3) is 13.8. The van der Waals surface area contributed by atoms with Crippen LogP contribution in [-0.2, 0) is 33.3 Å². The minimum atomic E-state index is -0.362. The Bertz CT molecular complexity index is 355. The van der Waals surface area contributed by atoms with Gasteiger partial charge in [0.05, 0.1) is 39.6 Å². The normalized spacial score (nSPS) is 12.1. The van der Waals surface area contributed by atoms with Gasteiger partial charge in [-0.25, -0.2) is 9.59 Å². The second-order valence-electron chi connectivity index (χ2n) is 7.42. The molecule has 0 radical (unpaired) electrons. The monoisotopic (exact) mass is 362 g/mol. The summed E-state index contributed by atoms with van der Waals surface area (Å²) in [6.45, 7) is 13.9. The molecule has 0 N–H and O–H groups in total. The van der Waals surface area contributed by atoms with Crippen LogP contribution in [0.25, 0.3) is 0 Å². The Hall–Kier alpha value is -1.18. The maximum atomic E-state index is 11.2. The van der Waals surface area contributed by atoms with Gasteiger partial charge in [-0.1, -0.05) is 27.7 Å². The first-order valence-corrected chi connectivity index (χ1v) is 8.66. The van der Waals surface area contributed by atoms with Crippen molar-refractivity contribution >= 4 is 11.9 Å². The van der Waals surface area contributed by atoms with Gasteiger partial charge in [0.15, 0.2) is 0 Å². The molecule has 0 amide bonds. The zero-order valence-corrected chi connectivity index (χ0v) is 16.5. The molecular formula is C18H34O7. The summed E-state index contributed by atoms with van der Waals surface area (Å²) >= 11 is 0. The van der Waals surface area contributed by atoms with Gasteiger partial charge in [0, 0.05) is 10.8 Å². The zero-order chi connectivity index (χ0) is 19.3. The first-order valence-electron chi connectivity index (χ1n) is 8.66. The molecule has 0 saturated carbocycles. The van der Waals surface area contributed by atoms with Gasteiger partial charge in [-0.2, -0.15) is 0 Å². The van der Waals surface area contributed by atoms with Gasteiger partial charge in [0.1, 0.15) is 13.2 Å². The minimum absolute atomic E-state index is 0.0511. The van der Waals surface area contributed by atoms with Crippen molar-refractivity contribution in [3.8, 4) is 0 Å². The third-order valence-corrected chi connectivity index (χ3v) is 3.02. The van der Waals surface area contributed by atoms with E-state index in [0.717, 1.165) is 0 Å². The molecule has 0 aromatic rings. The van der Waals surface area contributed by atoms with E-state index in [0.29, 0.717) is 39.6 Å². The molecule has 0 saturated heterocycles. The Morgan fingerprint density at radius 1 is 0.640 bits per heavy atom. The summed E-state index contributed by atoms with van der Waals surface area (Å²) in [6.07, 6.45) is 0. The molecule has 0 aromatic heterocycles. The highest BCUT2D eigenvalue weighted by Crippen LogP contribution is 2.20. The van der Waals surface area contributed by atoms with Crippen LogP contribution >= 0.6 is 0 Å². The largest absolute Gasteiger partial charge is 0.464 e. The first kappa shape index (κ1) is 23.8. The molecule has 0 aliphatic rings. The van der Waals surface area contributed by atoms with Crippen LogP contribution in [0.1, 0.15) is 41.5 Å². The average Bonchev–Trinajstić information content (AvgIpc) is 2.46. The number of rotatable bonds is 14. The number of carbonyl (C=O) groups is 2. The van der Waals surface area contributed by atoms with Crippen LogP contribution in [0.4, 0.5) is 0 Å². The van der Waals surface area contributed by atoms with Crippen molar-refractivity contribution in [3.05, 3.63) is 0 Å². The smallest absolute Gasteiger partial charge is 0.332 e. The fourth-order valence-electron chi connectivity index (χ4n) is 1.91. The van der Waals surface area contributed by atoms with E-state index in [1.165, 1.54) is 0 Å². The predicted molar refractivity (Wildman–Crippen MR) is 93.3 cm³/mol. The molecule has 0 spiro atoms. The second-order valence-corrected chi connectivity index (χ2v) is 7.42. The van der Waals surface area contributed by atoms with Crippen molar-refractivity contribution in [2.75, 3.05) is 52.9 Å². The molecule has 7 heteroatoms. The molecule has 0 heterocycles. The topological polar surface area (TPSA) is 80.3 Å². The van der Waals surface area contributed by atoms with Crippen molar-refractivity contribution in [3.63, 3.8) is 0 Å². The maximum absolute atomic E-state index is 11.2. The van der Waals surface area contributed by atoms with Crippen LogP contribution in [0.2, 0.25) is 0 Å². The average molecular weight is 362 g/mol. The molecule has 0 aromatic carbocycles. The molecule has 0 unspecified atom stereocenters. The number of esters is 2. The van der Waals surface area contributed by atoms with Crippen LogP contribution in [0.3, 0.4) is 0 Å². The molecule has 0 rings (SSSR count). The quantitative estimate of drug-likeness (QED) is 0.438. The van der Waals surface area contributed by atoms with E-state index >= 15 is 0 Å². The molecule has 25 heavy (non-hydrogen) atoms. The molecule has 0 aliphatic heterocycles. The Kier molecular flexibility index (Phi) is 11.6. The van der Waals surface area contributed by atoms with Crippen molar-refractivity contribution in [2.45, 2.75) is 41.5 Å². The van der Waals surface area contributed by atoms with Gasteiger partial charge in [-0.15, -0.1) is 0 Å². The van der Waals surface area contributed by atoms with Gasteiger partial charge in [-0.3, -0.25) is 0 Å². The predicted octanol–water partition coefficient (Wildman–Crippen LogP) is 2.21. The van der Waals surface area contributed by atoms with Crippen LogP contribution in [-0.4, -0.2) is 64.8 Å². The van der Waals surface area contributed by atoms with E-state index < -0.39 is 0 Å². The Morgan fingerprint density at radius 3 is 1.28 bits per heavy atom. The SMILES string of the molecule is CCOC(=O)COCC(C)(C)COCC(C)(C)COCC(=O)OCC. The minimum Gasteiger partial charge on any atom is -0.464 e. The molecule has 7 nitrogen and oxygen atoms in total. The summed E-state index contributed by atoms with van der Waals surface area (Å²) in [5, 5.41) is 0. The first-order chi connectivity index (χ1) is 11.6. The lowest BCUT2D eigenvalue weighted by Gasteiger charge is -2.28. The van der Waals surface area contributed by atoms with Gasteiger partial charge in [0.2, 0.25) is 0 Å². The number of hydrogen-bond acceptors (Lipinski definition) is 7. The van der Waals surface area contributed by atoms with E-state index in [2.05, 4.69) is 0 Å². The summed E-state index contributed by atoms with van der Waals surface area (Å²) in [7, 11) is 0. The van der Waals surface area contributed by atoms with Gasteiger partial charge in [0.25, 0.3) is 0 Å². The van der Waals surface area contributed by atoms with Gasteiger partial charge in [-0.05, 0) is 13.8 Å². The fraction of sp³-hybridized carbons (Fsp3) is 0.889. The van der Waals surface area contributed by atoms with Crippen molar-refractivity contribution in [1.29, 1.82) is 0 Å². The lowest BCUT2D eigenvalue weighted by Crippen LogP contribution is -2.32. The number of carbonyl (C=O) groups excluding carboxylic acids is 2. The van der Waals surface area contributed by atoms with Crippen LogP contribution in [0.15, 0.2) is 0 Å². The van der Waals surface area contributed by atoms with E-state index in [4.69, 9.17) is 23.7 Å². The van der Waals surface area contributed by atoms with Crippen molar-refractivity contribution < 1.29 is 33.3 Å². The molecule has 0 bridgehead atoms. The van der Waals surface area contributed by atoms with Crippen molar-refractivity contribution in [2.24, 2.45) is 10.8 Å². The zero-order valence-electron chi connectivity index (χ0n) is 16.5. The van der Waals surface area contributed by atoms with Gasteiger partial charge >= 0.3 is 11.9 Å². The molecule has 0 aliphatic carbocycles. The molecular weight excluding hydrogens is 328 g/mol. The Balaban J connectivity index is 3.96. The number of hydrogen-bond donors (Lipinski definition) is 0. The second kappa shape index (κ2) is 12.2.